The number of hydrogen-bond donors (Lipinski definition) is 2. The van der Waals surface area contributed by atoms with E-state index in [1.807, 2.05) is 30.3 Å². The van der Waals surface area contributed by atoms with Crippen molar-refractivity contribution in [2.24, 2.45) is 0 Å². The van der Waals surface area contributed by atoms with Crippen LogP contribution in [-0.2, 0) is 28.9 Å². The summed E-state index contributed by atoms with van der Waals surface area (Å²) in [7, 11) is 0. The Morgan fingerprint density at radius 2 is 1.90 bits per heavy atom. The second-order valence-electron chi connectivity index (χ2n) is 7.61. The van der Waals surface area contributed by atoms with E-state index in [-0.39, 0.29) is 24.3 Å². The van der Waals surface area contributed by atoms with Gasteiger partial charge in [-0.15, -0.1) is 11.3 Å². The standard InChI is InChI=1S/C22H25N3O3S/c1-14(22(28)25-11-10-15-6-2-4-8-17(15)25)24-20(26)13-23-21(27)19-12-16-7-3-5-9-18(16)29-19/h2,4,6,8,12,14H,3,5,7,9-11,13H2,1H3,(H,23,27)(H,24,26). The highest BCUT2D eigenvalue weighted by Gasteiger charge is 2.28. The molecule has 1 aromatic carbocycles. The molecule has 1 unspecified atom stereocenters. The van der Waals surface area contributed by atoms with Gasteiger partial charge in [-0.3, -0.25) is 14.4 Å². The van der Waals surface area contributed by atoms with E-state index in [1.165, 1.54) is 34.6 Å². The first-order valence-electron chi connectivity index (χ1n) is 10.1. The van der Waals surface area contributed by atoms with Crippen LogP contribution in [0.3, 0.4) is 0 Å². The molecule has 2 heterocycles. The number of nitrogens with one attached hydrogen (secondary N) is 2. The number of benzene rings is 1. The van der Waals surface area contributed by atoms with E-state index in [2.05, 4.69) is 10.6 Å². The Balaban J connectivity index is 1.29. The van der Waals surface area contributed by atoms with Crippen LogP contribution in [0.1, 0.15) is 45.4 Å². The lowest BCUT2D eigenvalue weighted by molar-refractivity contribution is -0.126. The summed E-state index contributed by atoms with van der Waals surface area (Å²) in [6, 6.07) is 9.11. The van der Waals surface area contributed by atoms with Gasteiger partial charge in [-0.1, -0.05) is 18.2 Å². The van der Waals surface area contributed by atoms with Crippen molar-refractivity contribution in [3.8, 4) is 0 Å². The number of carbonyl (C=O) groups is 3. The molecule has 0 saturated carbocycles. The Morgan fingerprint density at radius 1 is 1.10 bits per heavy atom. The summed E-state index contributed by atoms with van der Waals surface area (Å²) in [5.41, 5.74) is 3.32. The molecule has 1 aliphatic carbocycles. The average Bonchev–Trinajstić information content (AvgIpc) is 3.35. The van der Waals surface area contributed by atoms with E-state index in [0.717, 1.165) is 30.5 Å². The van der Waals surface area contributed by atoms with Gasteiger partial charge in [-0.05, 0) is 62.3 Å². The van der Waals surface area contributed by atoms with Crippen LogP contribution in [0.4, 0.5) is 5.69 Å². The third kappa shape index (κ3) is 4.19. The molecule has 1 aromatic heterocycles. The third-order valence-corrected chi connectivity index (χ3v) is 6.77. The van der Waals surface area contributed by atoms with Crippen LogP contribution >= 0.6 is 11.3 Å². The molecule has 2 N–H and O–H groups in total. The zero-order valence-electron chi connectivity index (χ0n) is 16.5. The zero-order chi connectivity index (χ0) is 20.4. The number of para-hydroxylation sites is 1. The lowest BCUT2D eigenvalue weighted by Crippen LogP contribution is -2.49. The van der Waals surface area contributed by atoms with Gasteiger partial charge in [0.1, 0.15) is 6.04 Å². The quantitative estimate of drug-likeness (QED) is 0.793. The van der Waals surface area contributed by atoms with Crippen LogP contribution in [0, 0.1) is 0 Å². The van der Waals surface area contributed by atoms with Gasteiger partial charge in [-0.2, -0.15) is 0 Å². The smallest absolute Gasteiger partial charge is 0.261 e. The van der Waals surface area contributed by atoms with Crippen molar-refractivity contribution < 1.29 is 14.4 Å². The molecule has 0 radical (unpaired) electrons. The van der Waals surface area contributed by atoms with E-state index in [0.29, 0.717) is 11.4 Å². The number of aryl methyl sites for hydroxylation is 2. The maximum Gasteiger partial charge on any atom is 0.261 e. The molecule has 152 valence electrons. The largest absolute Gasteiger partial charge is 0.343 e. The second-order valence-corrected chi connectivity index (χ2v) is 8.74. The Morgan fingerprint density at radius 3 is 2.72 bits per heavy atom. The minimum atomic E-state index is -0.653. The van der Waals surface area contributed by atoms with Crippen molar-refractivity contribution in [1.82, 2.24) is 10.6 Å². The minimum absolute atomic E-state index is 0.138. The number of nitrogens with zero attached hydrogens (tertiary/aromatic N) is 1. The molecule has 0 bridgehead atoms. The van der Waals surface area contributed by atoms with E-state index in [1.54, 1.807) is 11.8 Å². The number of fused-ring (bicyclic) bond motifs is 2. The van der Waals surface area contributed by atoms with Crippen LogP contribution in [0.2, 0.25) is 0 Å². The van der Waals surface area contributed by atoms with Crippen LogP contribution in [0.25, 0.3) is 0 Å². The van der Waals surface area contributed by atoms with E-state index in [4.69, 9.17) is 0 Å². The summed E-state index contributed by atoms with van der Waals surface area (Å²) in [5.74, 6) is -0.736. The van der Waals surface area contributed by atoms with Crippen LogP contribution in [0.15, 0.2) is 30.3 Å². The van der Waals surface area contributed by atoms with Crippen LogP contribution < -0.4 is 15.5 Å². The molecule has 1 aliphatic heterocycles. The Bertz CT molecular complexity index is 929. The number of amides is 3. The summed E-state index contributed by atoms with van der Waals surface area (Å²) in [6.07, 6.45) is 5.22. The molecule has 0 spiro atoms. The highest BCUT2D eigenvalue weighted by atomic mass is 32.1. The van der Waals surface area contributed by atoms with Gasteiger partial charge >= 0.3 is 0 Å². The normalized spacial score (nSPS) is 16.0. The second kappa shape index (κ2) is 8.37. The summed E-state index contributed by atoms with van der Waals surface area (Å²) < 4.78 is 0. The monoisotopic (exact) mass is 411 g/mol. The third-order valence-electron chi connectivity index (χ3n) is 5.53. The molecule has 4 rings (SSSR count). The molecule has 2 aliphatic rings. The van der Waals surface area contributed by atoms with Gasteiger partial charge in [0.05, 0.1) is 11.4 Å². The van der Waals surface area contributed by atoms with E-state index in [9.17, 15) is 14.4 Å². The van der Waals surface area contributed by atoms with Crippen LogP contribution in [0.5, 0.6) is 0 Å². The first kappa shape index (κ1) is 19.6. The number of anilines is 1. The van der Waals surface area contributed by atoms with E-state index >= 15 is 0 Å². The van der Waals surface area contributed by atoms with Crippen molar-refractivity contribution >= 4 is 34.7 Å². The average molecular weight is 412 g/mol. The fraction of sp³-hybridized carbons (Fsp3) is 0.409. The van der Waals surface area contributed by atoms with Gasteiger partial charge in [0.15, 0.2) is 0 Å². The number of hydrogen-bond acceptors (Lipinski definition) is 4. The fourth-order valence-electron chi connectivity index (χ4n) is 4.01. The predicted molar refractivity (Wildman–Crippen MR) is 113 cm³/mol. The zero-order valence-corrected chi connectivity index (χ0v) is 17.3. The molecule has 3 amide bonds. The maximum atomic E-state index is 12.7. The van der Waals surface area contributed by atoms with Gasteiger partial charge in [0.2, 0.25) is 11.8 Å². The number of thiophene rings is 1. The molecule has 7 heteroatoms. The fourth-order valence-corrected chi connectivity index (χ4v) is 5.18. The summed E-state index contributed by atoms with van der Waals surface area (Å²) in [6.45, 7) is 2.16. The van der Waals surface area contributed by atoms with Gasteiger partial charge < -0.3 is 15.5 Å². The van der Waals surface area contributed by atoms with Crippen molar-refractivity contribution in [1.29, 1.82) is 0 Å². The molecular weight excluding hydrogens is 386 g/mol. The van der Waals surface area contributed by atoms with Crippen molar-refractivity contribution in [3.63, 3.8) is 0 Å². The highest BCUT2D eigenvalue weighted by molar-refractivity contribution is 7.14. The Hall–Kier alpha value is -2.67. The van der Waals surface area contributed by atoms with Gasteiger partial charge in [-0.25, -0.2) is 0 Å². The Labute approximate surface area is 174 Å². The highest BCUT2D eigenvalue weighted by Crippen LogP contribution is 2.30. The van der Waals surface area contributed by atoms with Gasteiger partial charge in [0.25, 0.3) is 5.91 Å². The number of carbonyl (C=O) groups excluding carboxylic acids is 3. The summed E-state index contributed by atoms with van der Waals surface area (Å²) in [5, 5.41) is 5.37. The molecule has 2 aromatic rings. The first-order chi connectivity index (χ1) is 14.0. The topological polar surface area (TPSA) is 78.5 Å². The summed E-state index contributed by atoms with van der Waals surface area (Å²) >= 11 is 1.52. The van der Waals surface area contributed by atoms with Crippen LogP contribution in [-0.4, -0.2) is 36.9 Å². The van der Waals surface area contributed by atoms with E-state index < -0.39 is 6.04 Å². The Kier molecular flexibility index (Phi) is 5.67. The van der Waals surface area contributed by atoms with Crippen molar-refractivity contribution in [2.75, 3.05) is 18.0 Å². The SMILES string of the molecule is CC(NC(=O)CNC(=O)c1cc2c(s1)CCCC2)C(=O)N1CCc2ccccc21. The lowest BCUT2D eigenvalue weighted by Gasteiger charge is -2.22. The van der Waals surface area contributed by atoms with Crippen molar-refractivity contribution in [3.05, 3.63) is 51.2 Å². The molecule has 6 nitrogen and oxygen atoms in total. The predicted octanol–water partition coefficient (Wildman–Crippen LogP) is 2.45. The molecule has 1 atom stereocenters. The number of rotatable bonds is 5. The van der Waals surface area contributed by atoms with Crippen molar-refractivity contribution in [2.45, 2.75) is 45.1 Å². The minimum Gasteiger partial charge on any atom is -0.343 e. The summed E-state index contributed by atoms with van der Waals surface area (Å²) in [4.78, 5) is 41.0. The maximum absolute atomic E-state index is 12.7. The molecule has 29 heavy (non-hydrogen) atoms. The first-order valence-corrected chi connectivity index (χ1v) is 10.9. The molecule has 0 fully saturated rings. The van der Waals surface area contributed by atoms with Gasteiger partial charge in [0, 0.05) is 17.1 Å². The lowest BCUT2D eigenvalue weighted by atomic mass is 9.99. The molecule has 0 saturated heterocycles. The molecular formula is C22H25N3O3S.